The maximum Gasteiger partial charge on any atom is 0.166 e. The first-order valence-electron chi connectivity index (χ1n) is 7.35. The topological polar surface area (TPSA) is 21.3 Å². The van der Waals surface area contributed by atoms with Crippen LogP contribution in [0.15, 0.2) is 36.4 Å². The molecule has 2 aromatic carbocycles. The molecule has 0 aliphatic carbocycles. The summed E-state index contributed by atoms with van der Waals surface area (Å²) < 4.78 is 19.9. The molecule has 0 saturated heterocycles. The fourth-order valence-electron chi connectivity index (χ4n) is 2.22. The lowest BCUT2D eigenvalue weighted by atomic mass is 10.1. The maximum absolute atomic E-state index is 14.2. The first-order chi connectivity index (χ1) is 10.1. The van der Waals surface area contributed by atoms with Crippen molar-refractivity contribution in [2.75, 3.05) is 6.54 Å². The van der Waals surface area contributed by atoms with Gasteiger partial charge >= 0.3 is 0 Å². The number of hydrogen-bond donors (Lipinski definition) is 1. The molecule has 0 amide bonds. The molecule has 0 aliphatic heterocycles. The van der Waals surface area contributed by atoms with Gasteiger partial charge in [-0.3, -0.25) is 0 Å². The van der Waals surface area contributed by atoms with E-state index in [1.54, 1.807) is 6.07 Å². The number of benzene rings is 2. The van der Waals surface area contributed by atoms with Gasteiger partial charge in [-0.1, -0.05) is 31.2 Å². The van der Waals surface area contributed by atoms with Crippen LogP contribution < -0.4 is 10.1 Å². The molecule has 0 radical (unpaired) electrons. The molecular weight excluding hydrogens is 265 g/mol. The van der Waals surface area contributed by atoms with Crippen LogP contribution in [0, 0.1) is 19.7 Å². The Bertz CT molecular complexity index is 590. The average Bonchev–Trinajstić information content (AvgIpc) is 2.45. The minimum Gasteiger partial charge on any atom is -0.454 e. The number of aryl methyl sites for hydroxylation is 2. The van der Waals surface area contributed by atoms with E-state index in [2.05, 4.69) is 12.2 Å². The average molecular weight is 287 g/mol. The first-order valence-corrected chi connectivity index (χ1v) is 7.35. The highest BCUT2D eigenvalue weighted by atomic mass is 19.1. The van der Waals surface area contributed by atoms with Crippen molar-refractivity contribution in [2.45, 2.75) is 33.7 Å². The van der Waals surface area contributed by atoms with Crippen molar-refractivity contribution < 1.29 is 9.13 Å². The molecule has 2 nitrogen and oxygen atoms in total. The predicted molar refractivity (Wildman–Crippen MR) is 84.4 cm³/mol. The summed E-state index contributed by atoms with van der Waals surface area (Å²) in [6.07, 6.45) is 1.07. The van der Waals surface area contributed by atoms with Gasteiger partial charge in [0.15, 0.2) is 11.6 Å². The lowest BCUT2D eigenvalue weighted by Crippen LogP contribution is -2.13. The number of rotatable bonds is 6. The molecule has 0 aromatic heterocycles. The Kier molecular flexibility index (Phi) is 5.34. The van der Waals surface area contributed by atoms with E-state index >= 15 is 0 Å². The summed E-state index contributed by atoms with van der Waals surface area (Å²) in [4.78, 5) is 0. The van der Waals surface area contributed by atoms with Crippen LogP contribution in [0.3, 0.4) is 0 Å². The third-order valence-corrected chi connectivity index (χ3v) is 3.37. The second-order valence-electron chi connectivity index (χ2n) is 5.26. The highest BCUT2D eigenvalue weighted by Crippen LogP contribution is 2.30. The van der Waals surface area contributed by atoms with Crippen LogP contribution in [-0.2, 0) is 6.54 Å². The minimum atomic E-state index is -0.326. The van der Waals surface area contributed by atoms with Crippen LogP contribution in [0.4, 0.5) is 4.39 Å². The van der Waals surface area contributed by atoms with Crippen molar-refractivity contribution in [3.05, 3.63) is 58.9 Å². The molecular formula is C18H22FNO. The molecule has 1 N–H and O–H groups in total. The van der Waals surface area contributed by atoms with Gasteiger partial charge in [0.25, 0.3) is 0 Å². The Morgan fingerprint density at radius 2 is 1.81 bits per heavy atom. The molecule has 0 saturated carbocycles. The molecule has 0 aliphatic rings. The van der Waals surface area contributed by atoms with E-state index in [9.17, 15) is 4.39 Å². The van der Waals surface area contributed by atoms with Gasteiger partial charge in [-0.15, -0.1) is 0 Å². The van der Waals surface area contributed by atoms with Crippen molar-refractivity contribution in [1.82, 2.24) is 5.32 Å². The van der Waals surface area contributed by atoms with E-state index in [-0.39, 0.29) is 11.6 Å². The summed E-state index contributed by atoms with van der Waals surface area (Å²) >= 11 is 0. The van der Waals surface area contributed by atoms with Gasteiger partial charge in [0.05, 0.1) is 0 Å². The fraction of sp³-hybridized carbons (Fsp3) is 0.333. The van der Waals surface area contributed by atoms with Gasteiger partial charge < -0.3 is 10.1 Å². The summed E-state index contributed by atoms with van der Waals surface area (Å²) in [5, 5.41) is 3.26. The van der Waals surface area contributed by atoms with Crippen molar-refractivity contribution in [2.24, 2.45) is 0 Å². The lowest BCUT2D eigenvalue weighted by Gasteiger charge is -2.13. The van der Waals surface area contributed by atoms with Crippen LogP contribution in [0.25, 0.3) is 0 Å². The van der Waals surface area contributed by atoms with Gasteiger partial charge in [-0.05, 0) is 55.6 Å². The number of ether oxygens (including phenoxy) is 1. The summed E-state index contributed by atoms with van der Waals surface area (Å²) in [6, 6.07) is 11.0. The monoisotopic (exact) mass is 287 g/mol. The van der Waals surface area contributed by atoms with E-state index in [1.165, 1.54) is 6.07 Å². The molecule has 21 heavy (non-hydrogen) atoms. The molecule has 2 aromatic rings. The maximum atomic E-state index is 14.2. The minimum absolute atomic E-state index is 0.270. The second-order valence-corrected chi connectivity index (χ2v) is 5.26. The Morgan fingerprint density at radius 1 is 1.10 bits per heavy atom. The number of halogens is 1. The summed E-state index contributed by atoms with van der Waals surface area (Å²) in [7, 11) is 0. The van der Waals surface area contributed by atoms with Gasteiger partial charge in [0, 0.05) is 6.54 Å². The van der Waals surface area contributed by atoms with Crippen molar-refractivity contribution in [1.29, 1.82) is 0 Å². The van der Waals surface area contributed by atoms with E-state index in [4.69, 9.17) is 4.74 Å². The van der Waals surface area contributed by atoms with E-state index in [0.717, 1.165) is 35.4 Å². The second kappa shape index (κ2) is 7.23. The van der Waals surface area contributed by atoms with E-state index in [0.29, 0.717) is 6.54 Å². The third kappa shape index (κ3) is 4.05. The van der Waals surface area contributed by atoms with Crippen LogP contribution >= 0.6 is 0 Å². The Labute approximate surface area is 126 Å². The molecule has 112 valence electrons. The summed E-state index contributed by atoms with van der Waals surface area (Å²) in [5.41, 5.74) is 2.93. The number of nitrogens with one attached hydrogen (secondary N) is 1. The zero-order chi connectivity index (χ0) is 15.2. The van der Waals surface area contributed by atoms with Crippen LogP contribution in [-0.4, -0.2) is 6.54 Å². The zero-order valence-electron chi connectivity index (χ0n) is 12.9. The van der Waals surface area contributed by atoms with Crippen molar-refractivity contribution >= 4 is 0 Å². The van der Waals surface area contributed by atoms with Crippen LogP contribution in [0.5, 0.6) is 11.5 Å². The van der Waals surface area contributed by atoms with E-state index in [1.807, 2.05) is 38.1 Å². The fourth-order valence-corrected chi connectivity index (χ4v) is 2.22. The molecule has 0 unspecified atom stereocenters. The lowest BCUT2D eigenvalue weighted by molar-refractivity contribution is 0.436. The smallest absolute Gasteiger partial charge is 0.166 e. The van der Waals surface area contributed by atoms with Crippen LogP contribution in [0.1, 0.15) is 30.0 Å². The SMILES string of the molecule is CCCNCc1ccc(Oc2c(C)cccc2C)c(F)c1. The van der Waals surface area contributed by atoms with Gasteiger partial charge in [0.2, 0.25) is 0 Å². The molecule has 0 fully saturated rings. The zero-order valence-corrected chi connectivity index (χ0v) is 12.9. The molecule has 0 atom stereocenters. The van der Waals surface area contributed by atoms with Crippen molar-refractivity contribution in [3.63, 3.8) is 0 Å². The molecule has 0 heterocycles. The standard InChI is InChI=1S/C18H22FNO/c1-4-10-20-12-15-8-9-17(16(19)11-15)21-18-13(2)6-5-7-14(18)3/h5-9,11,20H,4,10,12H2,1-3H3. The molecule has 0 bridgehead atoms. The third-order valence-electron chi connectivity index (χ3n) is 3.37. The Hall–Kier alpha value is -1.87. The normalized spacial score (nSPS) is 10.7. The highest BCUT2D eigenvalue weighted by Gasteiger charge is 2.09. The summed E-state index contributed by atoms with van der Waals surface area (Å²) in [6.45, 7) is 7.64. The highest BCUT2D eigenvalue weighted by molar-refractivity contribution is 5.43. The Morgan fingerprint density at radius 3 is 2.43 bits per heavy atom. The quantitative estimate of drug-likeness (QED) is 0.775. The number of para-hydroxylation sites is 1. The Balaban J connectivity index is 2.14. The van der Waals surface area contributed by atoms with Gasteiger partial charge in [-0.25, -0.2) is 4.39 Å². The summed E-state index contributed by atoms with van der Waals surface area (Å²) in [5.74, 6) is 0.674. The number of hydrogen-bond acceptors (Lipinski definition) is 2. The van der Waals surface area contributed by atoms with Gasteiger partial charge in [-0.2, -0.15) is 0 Å². The van der Waals surface area contributed by atoms with Gasteiger partial charge in [0.1, 0.15) is 5.75 Å². The largest absolute Gasteiger partial charge is 0.454 e. The van der Waals surface area contributed by atoms with Crippen LogP contribution in [0.2, 0.25) is 0 Å². The van der Waals surface area contributed by atoms with Crippen molar-refractivity contribution in [3.8, 4) is 11.5 Å². The molecule has 3 heteroatoms. The molecule has 0 spiro atoms. The predicted octanol–water partition coefficient (Wildman–Crippen LogP) is 4.73. The molecule has 2 rings (SSSR count). The van der Waals surface area contributed by atoms with E-state index < -0.39 is 0 Å². The first kappa shape index (κ1) is 15.5.